The second-order valence-corrected chi connectivity index (χ2v) is 5.60. The Morgan fingerprint density at radius 1 is 1.50 bits per heavy atom. The van der Waals surface area contributed by atoms with E-state index in [1.54, 1.807) is 17.8 Å². The Morgan fingerprint density at radius 3 is 2.65 bits per heavy atom. The number of aliphatic hydroxyl groups excluding tert-OH is 1. The molecule has 2 rings (SSSR count). The zero-order valence-electron chi connectivity index (χ0n) is 11.2. The van der Waals surface area contributed by atoms with Gasteiger partial charge in [-0.25, -0.2) is 4.79 Å². The molecule has 8 heteroatoms. The van der Waals surface area contributed by atoms with Crippen LogP contribution in [0.2, 0.25) is 0 Å². The summed E-state index contributed by atoms with van der Waals surface area (Å²) in [6, 6.07) is 0.352. The predicted molar refractivity (Wildman–Crippen MR) is 73.9 cm³/mol. The number of amides is 1. The average Bonchev–Trinajstić information content (AvgIpc) is 2.88. The minimum absolute atomic E-state index is 0.392. The smallest absolute Gasteiger partial charge is 0.328 e. The molecule has 0 aromatic carbocycles. The summed E-state index contributed by atoms with van der Waals surface area (Å²) in [5, 5.41) is 25.7. The quantitative estimate of drug-likeness (QED) is 0.762. The highest BCUT2D eigenvalue weighted by Crippen LogP contribution is 2.27. The van der Waals surface area contributed by atoms with Gasteiger partial charge in [-0.3, -0.25) is 9.48 Å². The highest BCUT2D eigenvalue weighted by molar-refractivity contribution is 7.20. The molecule has 0 saturated carbocycles. The number of aromatic nitrogens is 2. The van der Waals surface area contributed by atoms with Gasteiger partial charge in [-0.2, -0.15) is 5.10 Å². The minimum Gasteiger partial charge on any atom is -0.480 e. The van der Waals surface area contributed by atoms with E-state index in [0.29, 0.717) is 4.88 Å². The topological polar surface area (TPSA) is 104 Å². The Labute approximate surface area is 118 Å². The zero-order valence-corrected chi connectivity index (χ0v) is 12.1. The largest absolute Gasteiger partial charge is 0.480 e. The first-order chi connectivity index (χ1) is 9.31. The highest BCUT2D eigenvalue weighted by atomic mass is 32.1. The van der Waals surface area contributed by atoms with Gasteiger partial charge in [-0.1, -0.05) is 0 Å². The fourth-order valence-corrected chi connectivity index (χ4v) is 2.94. The number of carbonyl (C=O) groups is 2. The standard InChI is InChI=1S/C12H15N3O4S/c1-5-7-4-8(20-11(7)15(3)14-5)10(17)13-9(6(2)16)12(18)19/h4,6,9,16H,1-3H3,(H,13,17)(H,18,19). The average molecular weight is 297 g/mol. The molecule has 2 aromatic rings. The number of thiophene rings is 1. The van der Waals surface area contributed by atoms with Gasteiger partial charge in [0.2, 0.25) is 0 Å². The number of nitrogens with zero attached hydrogens (tertiary/aromatic N) is 2. The Hall–Kier alpha value is -1.93. The number of fused-ring (bicyclic) bond motifs is 1. The first-order valence-electron chi connectivity index (χ1n) is 5.96. The van der Waals surface area contributed by atoms with Gasteiger partial charge in [0.15, 0.2) is 6.04 Å². The molecule has 7 nitrogen and oxygen atoms in total. The SMILES string of the molecule is Cc1nn(C)c2sc(C(=O)NC(C(=O)O)C(C)O)cc12. The van der Waals surface area contributed by atoms with E-state index >= 15 is 0 Å². The predicted octanol–water partition coefficient (Wildman–Crippen LogP) is 0.507. The molecule has 0 aliphatic carbocycles. The molecule has 20 heavy (non-hydrogen) atoms. The van der Waals surface area contributed by atoms with Crippen molar-refractivity contribution in [2.24, 2.45) is 7.05 Å². The fraction of sp³-hybridized carbons (Fsp3) is 0.417. The molecule has 2 heterocycles. The number of aliphatic hydroxyl groups is 1. The van der Waals surface area contributed by atoms with Crippen LogP contribution in [-0.4, -0.2) is 44.0 Å². The summed E-state index contributed by atoms with van der Waals surface area (Å²) < 4.78 is 1.68. The summed E-state index contributed by atoms with van der Waals surface area (Å²) in [7, 11) is 1.78. The normalized spacial score (nSPS) is 14.2. The monoisotopic (exact) mass is 297 g/mol. The molecular formula is C12H15N3O4S. The first-order valence-corrected chi connectivity index (χ1v) is 6.77. The second-order valence-electron chi connectivity index (χ2n) is 4.57. The van der Waals surface area contributed by atoms with Gasteiger partial charge < -0.3 is 15.5 Å². The Bertz CT molecular complexity index is 639. The summed E-state index contributed by atoms with van der Waals surface area (Å²) in [6.45, 7) is 3.16. The number of rotatable bonds is 4. The van der Waals surface area contributed by atoms with Gasteiger partial charge in [0, 0.05) is 12.4 Å². The highest BCUT2D eigenvalue weighted by Gasteiger charge is 2.26. The number of aliphatic carboxylic acids is 1. The van der Waals surface area contributed by atoms with Crippen LogP contribution in [0.1, 0.15) is 22.3 Å². The van der Waals surface area contributed by atoms with E-state index in [4.69, 9.17) is 5.11 Å². The lowest BCUT2D eigenvalue weighted by molar-refractivity contribution is -0.141. The van der Waals surface area contributed by atoms with Crippen molar-refractivity contribution in [1.82, 2.24) is 15.1 Å². The molecule has 0 aliphatic rings. The lowest BCUT2D eigenvalue weighted by atomic mass is 10.2. The van der Waals surface area contributed by atoms with Gasteiger partial charge in [0.1, 0.15) is 4.83 Å². The molecule has 0 aliphatic heterocycles. The van der Waals surface area contributed by atoms with Gasteiger partial charge >= 0.3 is 5.97 Å². The van der Waals surface area contributed by atoms with Gasteiger partial charge in [-0.05, 0) is 19.9 Å². The van der Waals surface area contributed by atoms with Crippen LogP contribution >= 0.6 is 11.3 Å². The number of carboxylic acids is 1. The second kappa shape index (κ2) is 5.22. The van der Waals surface area contributed by atoms with Crippen molar-refractivity contribution >= 4 is 33.4 Å². The van der Waals surface area contributed by atoms with E-state index < -0.39 is 24.0 Å². The maximum atomic E-state index is 12.0. The number of hydrogen-bond acceptors (Lipinski definition) is 5. The van der Waals surface area contributed by atoms with E-state index in [-0.39, 0.29) is 0 Å². The molecule has 3 N–H and O–H groups in total. The Morgan fingerprint density at radius 2 is 2.15 bits per heavy atom. The zero-order chi connectivity index (χ0) is 15.0. The number of carboxylic acid groups (broad SMARTS) is 1. The first kappa shape index (κ1) is 14.5. The van der Waals surface area contributed by atoms with Gasteiger partial charge in [-0.15, -0.1) is 11.3 Å². The Kier molecular flexibility index (Phi) is 3.78. The Balaban J connectivity index is 2.27. The summed E-state index contributed by atoms with van der Waals surface area (Å²) in [6.07, 6.45) is -1.17. The third kappa shape index (κ3) is 2.52. The molecule has 0 saturated heterocycles. The van der Waals surface area contributed by atoms with Crippen molar-refractivity contribution in [1.29, 1.82) is 0 Å². The number of nitrogens with one attached hydrogen (secondary N) is 1. The third-order valence-electron chi connectivity index (χ3n) is 2.96. The van der Waals surface area contributed by atoms with Crippen molar-refractivity contribution in [3.8, 4) is 0 Å². The van der Waals surface area contributed by atoms with Crippen LogP contribution in [0.3, 0.4) is 0 Å². The molecular weight excluding hydrogens is 282 g/mol. The summed E-state index contributed by atoms with van der Waals surface area (Å²) in [5.41, 5.74) is 0.808. The van der Waals surface area contributed by atoms with E-state index in [9.17, 15) is 14.7 Å². The van der Waals surface area contributed by atoms with Crippen molar-refractivity contribution in [2.45, 2.75) is 26.0 Å². The molecule has 1 amide bonds. The summed E-state index contributed by atoms with van der Waals surface area (Å²) in [5.74, 6) is -1.79. The van der Waals surface area contributed by atoms with Gasteiger partial charge in [0.05, 0.1) is 16.7 Å². The van der Waals surface area contributed by atoms with Crippen molar-refractivity contribution in [2.75, 3.05) is 0 Å². The summed E-state index contributed by atoms with van der Waals surface area (Å²) >= 11 is 1.23. The summed E-state index contributed by atoms with van der Waals surface area (Å²) in [4.78, 5) is 24.2. The molecule has 108 valence electrons. The van der Waals surface area contributed by atoms with Crippen LogP contribution in [0.4, 0.5) is 0 Å². The van der Waals surface area contributed by atoms with E-state index in [1.807, 2.05) is 6.92 Å². The van der Waals surface area contributed by atoms with Crippen molar-refractivity contribution in [3.05, 3.63) is 16.6 Å². The molecule has 0 spiro atoms. The van der Waals surface area contributed by atoms with Crippen LogP contribution in [0.5, 0.6) is 0 Å². The molecule has 2 aromatic heterocycles. The third-order valence-corrected chi connectivity index (χ3v) is 4.16. The molecule has 0 fully saturated rings. The van der Waals surface area contributed by atoms with E-state index in [0.717, 1.165) is 15.9 Å². The maximum Gasteiger partial charge on any atom is 0.328 e. The van der Waals surface area contributed by atoms with E-state index in [2.05, 4.69) is 10.4 Å². The van der Waals surface area contributed by atoms with Gasteiger partial charge in [0.25, 0.3) is 5.91 Å². The molecule has 0 radical (unpaired) electrons. The van der Waals surface area contributed by atoms with Crippen LogP contribution in [0.15, 0.2) is 6.07 Å². The molecule has 2 atom stereocenters. The van der Waals surface area contributed by atoms with E-state index in [1.165, 1.54) is 18.3 Å². The molecule has 0 bridgehead atoms. The lowest BCUT2D eigenvalue weighted by Crippen LogP contribution is -2.47. The maximum absolute atomic E-state index is 12.0. The van der Waals surface area contributed by atoms with Crippen LogP contribution in [0, 0.1) is 6.92 Å². The minimum atomic E-state index is -1.33. The molecule has 2 unspecified atom stereocenters. The van der Waals surface area contributed by atoms with Crippen LogP contribution < -0.4 is 5.32 Å². The van der Waals surface area contributed by atoms with Crippen molar-refractivity contribution < 1.29 is 19.8 Å². The lowest BCUT2D eigenvalue weighted by Gasteiger charge is -2.16. The van der Waals surface area contributed by atoms with Crippen LogP contribution in [0.25, 0.3) is 10.2 Å². The number of aryl methyl sites for hydroxylation is 2. The number of hydrogen-bond donors (Lipinski definition) is 3. The fourth-order valence-electron chi connectivity index (χ4n) is 1.92. The number of carbonyl (C=O) groups excluding carboxylic acids is 1. The van der Waals surface area contributed by atoms with Crippen molar-refractivity contribution in [3.63, 3.8) is 0 Å². The van der Waals surface area contributed by atoms with Crippen LogP contribution in [-0.2, 0) is 11.8 Å².